The number of carbonyl (C=O) groups excluding carboxylic acids is 4. The van der Waals surface area contributed by atoms with Crippen LogP contribution < -0.4 is 33.2 Å². The quantitative estimate of drug-likeness (QED) is 0.0915. The van der Waals surface area contributed by atoms with Crippen LogP contribution in [0.25, 0.3) is 0 Å². The van der Waals surface area contributed by atoms with Gasteiger partial charge in [0.25, 0.3) is 0 Å². The second-order valence-corrected chi connectivity index (χ2v) is 7.96. The van der Waals surface area contributed by atoms with Crippen LogP contribution in [0.3, 0.4) is 0 Å². The fourth-order valence-electron chi connectivity index (χ4n) is 3.09. The van der Waals surface area contributed by atoms with Crippen LogP contribution in [0.1, 0.15) is 37.8 Å². The van der Waals surface area contributed by atoms with Gasteiger partial charge in [0, 0.05) is 18.3 Å². The van der Waals surface area contributed by atoms with Gasteiger partial charge in [-0.3, -0.25) is 24.0 Å². The topological polar surface area (TPSA) is 286 Å². The molecule has 16 nitrogen and oxygen atoms in total. The fourth-order valence-corrected chi connectivity index (χ4v) is 3.09. The second-order valence-electron chi connectivity index (χ2n) is 7.96. The van der Waals surface area contributed by atoms with Gasteiger partial charge < -0.3 is 48.3 Å². The smallest absolute Gasteiger partial charge is 0.326 e. The van der Waals surface area contributed by atoms with E-state index in [-0.39, 0.29) is 12.8 Å². The van der Waals surface area contributed by atoms with Crippen molar-refractivity contribution in [1.82, 2.24) is 25.9 Å². The van der Waals surface area contributed by atoms with E-state index < -0.39 is 72.6 Å². The summed E-state index contributed by atoms with van der Waals surface area (Å²) in [5.41, 5.74) is 16.6. The molecule has 1 aromatic heterocycles. The summed E-state index contributed by atoms with van der Waals surface area (Å²) < 4.78 is 0. The Morgan fingerprint density at radius 2 is 1.53 bits per heavy atom. The summed E-state index contributed by atoms with van der Waals surface area (Å²) in [6, 6.07) is -5.65. The molecule has 12 N–H and O–H groups in total. The Morgan fingerprint density at radius 1 is 0.917 bits per heavy atom. The Morgan fingerprint density at radius 3 is 2.06 bits per heavy atom. The first kappa shape index (κ1) is 30.0. The van der Waals surface area contributed by atoms with E-state index >= 15 is 0 Å². The molecule has 0 aliphatic heterocycles. The molecule has 0 bridgehead atoms. The van der Waals surface area contributed by atoms with E-state index in [0.717, 1.165) is 0 Å². The van der Waals surface area contributed by atoms with Crippen molar-refractivity contribution in [3.63, 3.8) is 0 Å². The first-order valence-corrected chi connectivity index (χ1v) is 11.0. The number of nitrogens with two attached hydrogens (primary N) is 3. The summed E-state index contributed by atoms with van der Waals surface area (Å²) in [6.07, 6.45) is 2.16. The third-order valence-electron chi connectivity index (χ3n) is 4.94. The molecule has 200 valence electrons. The molecule has 0 fully saturated rings. The molecule has 0 spiro atoms. The number of carbonyl (C=O) groups is 6. The number of nitrogens with one attached hydrogen (secondary N) is 4. The third kappa shape index (κ3) is 10.9. The molecule has 0 saturated carbocycles. The maximum Gasteiger partial charge on any atom is 0.326 e. The number of carboxylic acids is 2. The van der Waals surface area contributed by atoms with Crippen molar-refractivity contribution in [1.29, 1.82) is 0 Å². The fraction of sp³-hybridized carbons (Fsp3) is 0.550. The normalized spacial score (nSPS) is 14.1. The highest BCUT2D eigenvalue weighted by Gasteiger charge is 2.31. The van der Waals surface area contributed by atoms with Crippen LogP contribution in [0.5, 0.6) is 0 Å². The van der Waals surface area contributed by atoms with Gasteiger partial charge in [-0.25, -0.2) is 9.78 Å². The van der Waals surface area contributed by atoms with Crippen LogP contribution in [-0.4, -0.2) is 86.5 Å². The Bertz CT molecular complexity index is 923. The first-order chi connectivity index (χ1) is 16.9. The molecule has 4 atom stereocenters. The number of H-pyrrole nitrogens is 1. The average Bonchev–Trinajstić information content (AvgIpc) is 3.29. The number of amides is 4. The highest BCUT2D eigenvalue weighted by atomic mass is 16.4. The van der Waals surface area contributed by atoms with E-state index in [1.54, 1.807) is 0 Å². The zero-order chi connectivity index (χ0) is 27.3. The number of hydrogen-bond acceptors (Lipinski definition) is 9. The lowest BCUT2D eigenvalue weighted by Gasteiger charge is -2.24. The number of imidazole rings is 1. The van der Waals surface area contributed by atoms with Crippen LogP contribution in [0.15, 0.2) is 12.5 Å². The molecule has 16 heteroatoms. The lowest BCUT2D eigenvalue weighted by Crippen LogP contribution is -2.58. The molecule has 0 radical (unpaired) electrons. The van der Waals surface area contributed by atoms with Crippen LogP contribution in [0, 0.1) is 0 Å². The largest absolute Gasteiger partial charge is 0.481 e. The van der Waals surface area contributed by atoms with Gasteiger partial charge in [0.15, 0.2) is 0 Å². The number of rotatable bonds is 17. The monoisotopic (exact) mass is 512 g/mol. The number of aliphatic carboxylic acids is 2. The van der Waals surface area contributed by atoms with E-state index in [4.69, 9.17) is 22.3 Å². The van der Waals surface area contributed by atoms with Gasteiger partial charge >= 0.3 is 11.9 Å². The van der Waals surface area contributed by atoms with Gasteiger partial charge in [0.1, 0.15) is 18.1 Å². The zero-order valence-electron chi connectivity index (χ0n) is 19.4. The molecule has 36 heavy (non-hydrogen) atoms. The molecule has 4 amide bonds. The molecule has 1 aromatic rings. The molecule has 0 saturated heterocycles. The zero-order valence-corrected chi connectivity index (χ0v) is 19.4. The van der Waals surface area contributed by atoms with E-state index in [2.05, 4.69) is 25.9 Å². The lowest BCUT2D eigenvalue weighted by molar-refractivity contribution is -0.142. The summed E-state index contributed by atoms with van der Waals surface area (Å²) in [5, 5.41) is 25.1. The predicted molar refractivity (Wildman–Crippen MR) is 123 cm³/mol. The Balaban J connectivity index is 2.98. The maximum atomic E-state index is 12.9. The van der Waals surface area contributed by atoms with Gasteiger partial charge in [-0.1, -0.05) is 0 Å². The SMILES string of the molecule is NCCCCC(NC(=O)C(N)CC(=O)O)C(=O)NC(CC(N)=O)C(=O)NC(Cc1cnc[nH]1)C(=O)O. The Labute approximate surface area is 205 Å². The minimum atomic E-state index is -1.56. The van der Waals surface area contributed by atoms with Crippen LogP contribution in [0.2, 0.25) is 0 Å². The van der Waals surface area contributed by atoms with Crippen molar-refractivity contribution in [3.05, 3.63) is 18.2 Å². The van der Waals surface area contributed by atoms with Gasteiger partial charge in [-0.15, -0.1) is 0 Å². The molecule has 1 heterocycles. The summed E-state index contributed by atoms with van der Waals surface area (Å²) in [6.45, 7) is 0.306. The number of carboxylic acid groups (broad SMARTS) is 2. The van der Waals surface area contributed by atoms with Crippen LogP contribution in [0.4, 0.5) is 0 Å². The molecular weight excluding hydrogens is 480 g/mol. The summed E-state index contributed by atoms with van der Waals surface area (Å²) in [5.74, 6) is -6.44. The molecule has 1 rings (SSSR count). The highest BCUT2D eigenvalue weighted by molar-refractivity contribution is 5.96. The minimum absolute atomic E-state index is 0.0665. The standard InChI is InChI=1S/C20H32N8O8/c21-4-2-1-3-12(26-17(32)11(22)6-16(30)31)18(33)27-13(7-15(23)29)19(34)28-14(20(35)36)5-10-8-24-9-25-10/h8-9,11-14H,1-7,21-22H2,(H2,23,29)(H,24,25)(H,26,32)(H,27,33)(H,28,34)(H,30,31)(H,35,36). The number of unbranched alkanes of at least 4 members (excludes halogenated alkanes) is 1. The average molecular weight is 513 g/mol. The highest BCUT2D eigenvalue weighted by Crippen LogP contribution is 2.05. The number of primary amides is 1. The van der Waals surface area contributed by atoms with Crippen molar-refractivity contribution < 1.29 is 39.0 Å². The van der Waals surface area contributed by atoms with Crippen molar-refractivity contribution >= 4 is 35.6 Å². The van der Waals surface area contributed by atoms with Gasteiger partial charge in [-0.2, -0.15) is 0 Å². The molecule has 0 aliphatic rings. The number of nitrogens with zero attached hydrogens (tertiary/aromatic N) is 1. The number of hydrogen-bond donors (Lipinski definition) is 9. The van der Waals surface area contributed by atoms with E-state index in [0.29, 0.717) is 25.1 Å². The predicted octanol–water partition coefficient (Wildman–Crippen LogP) is -3.70. The summed E-state index contributed by atoms with van der Waals surface area (Å²) in [7, 11) is 0. The minimum Gasteiger partial charge on any atom is -0.481 e. The van der Waals surface area contributed by atoms with E-state index in [9.17, 15) is 33.9 Å². The maximum absolute atomic E-state index is 12.9. The molecule has 0 aromatic carbocycles. The van der Waals surface area contributed by atoms with Gasteiger partial charge in [0.2, 0.25) is 23.6 Å². The molecular formula is C20H32N8O8. The second kappa shape index (κ2) is 15.0. The van der Waals surface area contributed by atoms with Crippen LogP contribution >= 0.6 is 0 Å². The van der Waals surface area contributed by atoms with Crippen molar-refractivity contribution in [3.8, 4) is 0 Å². The van der Waals surface area contributed by atoms with E-state index in [1.807, 2.05) is 0 Å². The Hall–Kier alpha value is -4.05. The van der Waals surface area contributed by atoms with Crippen molar-refractivity contribution in [2.75, 3.05) is 6.54 Å². The third-order valence-corrected chi connectivity index (χ3v) is 4.94. The summed E-state index contributed by atoms with van der Waals surface area (Å²) in [4.78, 5) is 78.4. The van der Waals surface area contributed by atoms with Gasteiger partial charge in [0.05, 0.1) is 25.2 Å². The first-order valence-electron chi connectivity index (χ1n) is 11.0. The van der Waals surface area contributed by atoms with E-state index in [1.165, 1.54) is 12.5 Å². The van der Waals surface area contributed by atoms with Crippen molar-refractivity contribution in [2.24, 2.45) is 17.2 Å². The molecule has 0 aliphatic carbocycles. The number of aromatic amines is 1. The number of aromatic nitrogens is 2. The van der Waals surface area contributed by atoms with Crippen molar-refractivity contribution in [2.45, 2.75) is 62.7 Å². The molecule has 4 unspecified atom stereocenters. The van der Waals surface area contributed by atoms with Gasteiger partial charge in [-0.05, 0) is 25.8 Å². The van der Waals surface area contributed by atoms with Crippen LogP contribution in [-0.2, 0) is 35.2 Å². The summed E-state index contributed by atoms with van der Waals surface area (Å²) >= 11 is 0. The Kier molecular flexibility index (Phi) is 12.5. The lowest BCUT2D eigenvalue weighted by atomic mass is 10.1.